The lowest BCUT2D eigenvalue weighted by Crippen LogP contribution is -2.21. The second kappa shape index (κ2) is 5.69. The predicted octanol–water partition coefficient (Wildman–Crippen LogP) is 2.77. The average Bonchev–Trinajstić information content (AvgIpc) is 2.28. The summed E-state index contributed by atoms with van der Waals surface area (Å²) in [5.74, 6) is 2.47. The standard InChI is InChI=1S/C12H13F3N2/c1-3-5-10(16-4-2)11-7-6-9(8-17-11)12(13,14)15/h1,6-8,10,16H,4-5H2,2H3. The quantitative estimate of drug-likeness (QED) is 0.821. The van der Waals surface area contributed by atoms with E-state index in [1.807, 2.05) is 6.92 Å². The van der Waals surface area contributed by atoms with E-state index in [4.69, 9.17) is 6.42 Å². The second-order valence-corrected chi connectivity index (χ2v) is 3.49. The first-order valence-electron chi connectivity index (χ1n) is 5.19. The molecule has 5 heteroatoms. The van der Waals surface area contributed by atoms with Gasteiger partial charge in [-0.1, -0.05) is 6.92 Å². The molecule has 0 aliphatic rings. The molecular weight excluding hydrogens is 229 g/mol. The van der Waals surface area contributed by atoms with Crippen LogP contribution in [0.2, 0.25) is 0 Å². The van der Waals surface area contributed by atoms with E-state index in [1.165, 1.54) is 6.07 Å². The molecule has 0 fully saturated rings. The molecule has 1 aromatic rings. The van der Waals surface area contributed by atoms with Gasteiger partial charge < -0.3 is 5.32 Å². The Hall–Kier alpha value is -1.54. The van der Waals surface area contributed by atoms with Gasteiger partial charge in [0.05, 0.1) is 17.3 Å². The normalized spacial score (nSPS) is 13.1. The summed E-state index contributed by atoms with van der Waals surface area (Å²) in [6.45, 7) is 2.57. The highest BCUT2D eigenvalue weighted by atomic mass is 19.4. The number of halogens is 3. The molecule has 1 N–H and O–H groups in total. The number of hydrogen-bond donors (Lipinski definition) is 1. The first-order valence-corrected chi connectivity index (χ1v) is 5.19. The van der Waals surface area contributed by atoms with Crippen molar-refractivity contribution in [2.24, 2.45) is 0 Å². The van der Waals surface area contributed by atoms with Crippen molar-refractivity contribution in [1.82, 2.24) is 10.3 Å². The van der Waals surface area contributed by atoms with Crippen LogP contribution >= 0.6 is 0 Å². The summed E-state index contributed by atoms with van der Waals surface area (Å²) in [5, 5.41) is 3.07. The number of rotatable bonds is 4. The molecule has 2 nitrogen and oxygen atoms in total. The number of nitrogens with one attached hydrogen (secondary N) is 1. The van der Waals surface area contributed by atoms with Crippen molar-refractivity contribution < 1.29 is 13.2 Å². The maximum atomic E-state index is 12.3. The summed E-state index contributed by atoms with van der Waals surface area (Å²) in [6, 6.07) is 2.17. The summed E-state index contributed by atoms with van der Waals surface area (Å²) >= 11 is 0. The van der Waals surface area contributed by atoms with Gasteiger partial charge in [-0.2, -0.15) is 13.2 Å². The topological polar surface area (TPSA) is 24.9 Å². The number of aromatic nitrogens is 1. The van der Waals surface area contributed by atoms with Crippen LogP contribution in [-0.2, 0) is 6.18 Å². The smallest absolute Gasteiger partial charge is 0.308 e. The molecule has 1 rings (SSSR count). The summed E-state index contributed by atoms with van der Waals surface area (Å²) < 4.78 is 37.0. The van der Waals surface area contributed by atoms with Gasteiger partial charge in [-0.15, -0.1) is 12.3 Å². The largest absolute Gasteiger partial charge is 0.417 e. The number of pyridine rings is 1. The molecule has 0 aliphatic carbocycles. The van der Waals surface area contributed by atoms with Crippen LogP contribution in [0.4, 0.5) is 13.2 Å². The van der Waals surface area contributed by atoms with Crippen molar-refractivity contribution in [3.8, 4) is 12.3 Å². The maximum absolute atomic E-state index is 12.3. The van der Waals surface area contributed by atoms with E-state index in [0.29, 0.717) is 18.7 Å². The zero-order valence-electron chi connectivity index (χ0n) is 9.38. The highest BCUT2D eigenvalue weighted by molar-refractivity contribution is 5.19. The molecule has 0 bridgehead atoms. The number of nitrogens with zero attached hydrogens (tertiary/aromatic N) is 1. The molecule has 0 amide bonds. The summed E-state index contributed by atoms with van der Waals surface area (Å²) in [7, 11) is 0. The molecule has 0 radical (unpaired) electrons. The van der Waals surface area contributed by atoms with Gasteiger partial charge >= 0.3 is 6.18 Å². The minimum absolute atomic E-state index is 0.202. The molecular formula is C12H13F3N2. The zero-order valence-corrected chi connectivity index (χ0v) is 9.38. The van der Waals surface area contributed by atoms with Crippen molar-refractivity contribution in [2.45, 2.75) is 25.6 Å². The van der Waals surface area contributed by atoms with E-state index in [2.05, 4.69) is 16.2 Å². The number of terminal acetylenes is 1. The molecule has 0 aromatic carbocycles. The highest BCUT2D eigenvalue weighted by Gasteiger charge is 2.30. The van der Waals surface area contributed by atoms with Crippen LogP contribution in [0.5, 0.6) is 0 Å². The zero-order chi connectivity index (χ0) is 12.9. The van der Waals surface area contributed by atoms with Crippen LogP contribution < -0.4 is 5.32 Å². The van der Waals surface area contributed by atoms with E-state index in [-0.39, 0.29) is 6.04 Å². The second-order valence-electron chi connectivity index (χ2n) is 3.49. The van der Waals surface area contributed by atoms with E-state index in [9.17, 15) is 13.2 Å². The molecule has 0 saturated carbocycles. The Morgan fingerprint density at radius 2 is 2.18 bits per heavy atom. The minimum Gasteiger partial charge on any atom is -0.308 e. The SMILES string of the molecule is C#CCC(NCC)c1ccc(C(F)(F)F)cn1. The molecule has 1 aromatic heterocycles. The summed E-state index contributed by atoms with van der Waals surface area (Å²) in [5.41, 5.74) is -0.227. The average molecular weight is 242 g/mol. The number of hydrogen-bond acceptors (Lipinski definition) is 2. The molecule has 1 unspecified atom stereocenters. The third kappa shape index (κ3) is 3.75. The van der Waals surface area contributed by atoms with Crippen LogP contribution in [0, 0.1) is 12.3 Å². The van der Waals surface area contributed by atoms with Crippen molar-refractivity contribution in [3.63, 3.8) is 0 Å². The molecule has 0 spiro atoms. The lowest BCUT2D eigenvalue weighted by molar-refractivity contribution is -0.137. The fourth-order valence-corrected chi connectivity index (χ4v) is 1.42. The van der Waals surface area contributed by atoms with Gasteiger partial charge in [0.25, 0.3) is 0 Å². The van der Waals surface area contributed by atoms with Crippen LogP contribution in [0.1, 0.15) is 30.6 Å². The lowest BCUT2D eigenvalue weighted by Gasteiger charge is -2.15. The summed E-state index contributed by atoms with van der Waals surface area (Å²) in [6.07, 6.45) is 2.07. The van der Waals surface area contributed by atoms with Crippen molar-refractivity contribution in [2.75, 3.05) is 6.54 Å². The molecule has 0 saturated heterocycles. The Morgan fingerprint density at radius 3 is 2.59 bits per heavy atom. The Bertz CT molecular complexity index is 390. The third-order valence-electron chi connectivity index (χ3n) is 2.24. The number of alkyl halides is 3. The summed E-state index contributed by atoms with van der Waals surface area (Å²) in [4.78, 5) is 3.80. The third-order valence-corrected chi connectivity index (χ3v) is 2.24. The van der Waals surface area contributed by atoms with E-state index in [1.54, 1.807) is 0 Å². The van der Waals surface area contributed by atoms with Gasteiger partial charge in [-0.25, -0.2) is 0 Å². The lowest BCUT2D eigenvalue weighted by atomic mass is 10.1. The Kier molecular flexibility index (Phi) is 4.53. The Labute approximate surface area is 98.3 Å². The van der Waals surface area contributed by atoms with Crippen LogP contribution in [0.15, 0.2) is 18.3 Å². The van der Waals surface area contributed by atoms with Crippen molar-refractivity contribution >= 4 is 0 Å². The highest BCUT2D eigenvalue weighted by Crippen LogP contribution is 2.29. The predicted molar refractivity (Wildman–Crippen MR) is 59.1 cm³/mol. The molecule has 92 valence electrons. The van der Waals surface area contributed by atoms with Gasteiger partial charge in [0.2, 0.25) is 0 Å². The first kappa shape index (κ1) is 13.5. The fraction of sp³-hybridized carbons (Fsp3) is 0.417. The van der Waals surface area contributed by atoms with Crippen LogP contribution in [0.25, 0.3) is 0 Å². The molecule has 17 heavy (non-hydrogen) atoms. The van der Waals surface area contributed by atoms with E-state index >= 15 is 0 Å². The van der Waals surface area contributed by atoms with Gasteiger partial charge in [0.15, 0.2) is 0 Å². The van der Waals surface area contributed by atoms with Gasteiger partial charge in [0, 0.05) is 12.6 Å². The molecule has 1 atom stereocenters. The van der Waals surface area contributed by atoms with Crippen molar-refractivity contribution in [1.29, 1.82) is 0 Å². The van der Waals surface area contributed by atoms with Gasteiger partial charge in [0.1, 0.15) is 0 Å². The van der Waals surface area contributed by atoms with Gasteiger partial charge in [-0.05, 0) is 18.7 Å². The van der Waals surface area contributed by atoms with Crippen LogP contribution in [-0.4, -0.2) is 11.5 Å². The maximum Gasteiger partial charge on any atom is 0.417 e. The van der Waals surface area contributed by atoms with Crippen LogP contribution in [0.3, 0.4) is 0 Å². The van der Waals surface area contributed by atoms with E-state index in [0.717, 1.165) is 12.3 Å². The van der Waals surface area contributed by atoms with Gasteiger partial charge in [-0.3, -0.25) is 4.98 Å². The Balaban J connectivity index is 2.88. The Morgan fingerprint density at radius 1 is 1.47 bits per heavy atom. The van der Waals surface area contributed by atoms with Crippen molar-refractivity contribution in [3.05, 3.63) is 29.6 Å². The molecule has 1 heterocycles. The minimum atomic E-state index is -4.36. The van der Waals surface area contributed by atoms with E-state index < -0.39 is 11.7 Å². The molecule has 0 aliphatic heterocycles. The first-order chi connectivity index (χ1) is 7.99. The monoisotopic (exact) mass is 242 g/mol. The fourth-order valence-electron chi connectivity index (χ4n) is 1.42.